The Labute approximate surface area is 175 Å². The number of benzene rings is 2. The minimum Gasteiger partial charge on any atom is -0.496 e. The highest BCUT2D eigenvalue weighted by atomic mass is 32.2. The lowest BCUT2D eigenvalue weighted by Crippen LogP contribution is -2.23. The molecule has 0 spiro atoms. The normalized spacial score (nSPS) is 11.9. The number of carbonyl (C=O) groups is 1. The summed E-state index contributed by atoms with van der Waals surface area (Å²) < 4.78 is 7.31. The monoisotopic (exact) mass is 410 g/mol. The van der Waals surface area contributed by atoms with Crippen LogP contribution in [0.5, 0.6) is 5.75 Å². The van der Waals surface area contributed by atoms with Crippen molar-refractivity contribution in [2.24, 2.45) is 7.05 Å². The van der Waals surface area contributed by atoms with Gasteiger partial charge >= 0.3 is 0 Å². The van der Waals surface area contributed by atoms with Crippen molar-refractivity contribution in [3.8, 4) is 17.1 Å². The van der Waals surface area contributed by atoms with E-state index in [9.17, 15) is 4.79 Å². The number of carbonyl (C=O) groups excluding carboxylic acids is 1. The molecule has 1 atom stereocenters. The van der Waals surface area contributed by atoms with Crippen LogP contribution in [0.1, 0.15) is 23.6 Å². The van der Waals surface area contributed by atoms with Crippen molar-refractivity contribution in [3.05, 3.63) is 53.1 Å². The van der Waals surface area contributed by atoms with Gasteiger partial charge in [0.1, 0.15) is 5.75 Å². The number of hydrogen-bond donors (Lipinski definition) is 1. The Bertz CT molecular complexity index is 1020. The molecule has 3 aromatic rings. The van der Waals surface area contributed by atoms with Crippen molar-refractivity contribution in [2.75, 3.05) is 12.4 Å². The number of aryl methyl sites for hydroxylation is 3. The van der Waals surface area contributed by atoms with Gasteiger partial charge in [-0.3, -0.25) is 4.79 Å². The molecule has 0 aliphatic rings. The molecule has 29 heavy (non-hydrogen) atoms. The van der Waals surface area contributed by atoms with Crippen LogP contribution in [0.4, 0.5) is 5.69 Å². The van der Waals surface area contributed by atoms with Gasteiger partial charge < -0.3 is 14.6 Å². The number of aromatic nitrogens is 3. The molecule has 152 valence electrons. The molecular weight excluding hydrogens is 384 g/mol. The molecule has 1 heterocycles. The van der Waals surface area contributed by atoms with E-state index in [1.54, 1.807) is 7.11 Å². The molecule has 0 radical (unpaired) electrons. The fourth-order valence-electron chi connectivity index (χ4n) is 3.30. The Hall–Kier alpha value is -2.80. The van der Waals surface area contributed by atoms with Gasteiger partial charge in [0, 0.05) is 12.7 Å². The van der Waals surface area contributed by atoms with Crippen LogP contribution in [0.2, 0.25) is 0 Å². The molecule has 0 fully saturated rings. The zero-order valence-electron chi connectivity index (χ0n) is 17.6. The first kappa shape index (κ1) is 20.9. The van der Waals surface area contributed by atoms with Crippen LogP contribution in [0, 0.1) is 20.8 Å². The topological polar surface area (TPSA) is 69.0 Å². The van der Waals surface area contributed by atoms with Gasteiger partial charge in [-0.05, 0) is 51.0 Å². The van der Waals surface area contributed by atoms with Gasteiger partial charge in [0.2, 0.25) is 5.91 Å². The first-order chi connectivity index (χ1) is 13.8. The number of para-hydroxylation sites is 1. The summed E-state index contributed by atoms with van der Waals surface area (Å²) in [5.41, 5.74) is 5.04. The molecule has 2 aromatic carbocycles. The van der Waals surface area contributed by atoms with Crippen molar-refractivity contribution < 1.29 is 9.53 Å². The maximum atomic E-state index is 12.8. The lowest BCUT2D eigenvalue weighted by Gasteiger charge is -2.16. The second-order valence-corrected chi connectivity index (χ2v) is 8.40. The average molecular weight is 411 g/mol. The van der Waals surface area contributed by atoms with E-state index in [0.29, 0.717) is 11.0 Å². The molecule has 0 aliphatic heterocycles. The number of nitrogens with one attached hydrogen (secondary N) is 1. The van der Waals surface area contributed by atoms with Crippen LogP contribution in [0.15, 0.2) is 41.6 Å². The second kappa shape index (κ2) is 8.69. The molecule has 7 heteroatoms. The number of anilines is 1. The third-order valence-electron chi connectivity index (χ3n) is 4.76. The highest BCUT2D eigenvalue weighted by Crippen LogP contribution is 2.31. The summed E-state index contributed by atoms with van der Waals surface area (Å²) in [6.45, 7) is 7.94. The number of rotatable bonds is 6. The number of amides is 1. The molecule has 1 N–H and O–H groups in total. The van der Waals surface area contributed by atoms with Crippen LogP contribution in [0.3, 0.4) is 0 Å². The average Bonchev–Trinajstić information content (AvgIpc) is 3.04. The zero-order chi connectivity index (χ0) is 21.1. The molecule has 0 saturated heterocycles. The Morgan fingerprint density at radius 3 is 2.45 bits per heavy atom. The standard InChI is InChI=1S/C22H26N4O2S/c1-13-11-14(2)19(15(3)12-13)23-21(27)16(4)29-22-25-24-20(26(22)5)17-9-7-8-10-18(17)28-6/h7-12,16H,1-6H3,(H,23,27)/t16-/m0/s1. The van der Waals surface area contributed by atoms with E-state index in [-0.39, 0.29) is 11.2 Å². The minimum atomic E-state index is -0.330. The van der Waals surface area contributed by atoms with E-state index < -0.39 is 0 Å². The SMILES string of the molecule is COc1ccccc1-c1nnc(S[C@@H](C)C(=O)Nc2c(C)cc(C)cc2C)n1C. The van der Waals surface area contributed by atoms with Crippen LogP contribution in [0.25, 0.3) is 11.4 Å². The van der Waals surface area contributed by atoms with Gasteiger partial charge in [-0.2, -0.15) is 0 Å². The lowest BCUT2D eigenvalue weighted by molar-refractivity contribution is -0.115. The quantitative estimate of drug-likeness (QED) is 0.605. The third-order valence-corrected chi connectivity index (χ3v) is 5.89. The van der Waals surface area contributed by atoms with E-state index >= 15 is 0 Å². The first-order valence-electron chi connectivity index (χ1n) is 9.40. The zero-order valence-corrected chi connectivity index (χ0v) is 18.4. The number of methoxy groups -OCH3 is 1. The third kappa shape index (κ3) is 4.45. The highest BCUT2D eigenvalue weighted by molar-refractivity contribution is 8.00. The summed E-state index contributed by atoms with van der Waals surface area (Å²) in [6.07, 6.45) is 0. The Morgan fingerprint density at radius 1 is 1.14 bits per heavy atom. The second-order valence-electron chi connectivity index (χ2n) is 7.09. The summed E-state index contributed by atoms with van der Waals surface area (Å²) >= 11 is 1.38. The van der Waals surface area contributed by atoms with Gasteiger partial charge in [0.25, 0.3) is 0 Å². The van der Waals surface area contributed by atoms with Crippen LogP contribution in [-0.2, 0) is 11.8 Å². The van der Waals surface area contributed by atoms with Crippen molar-refractivity contribution in [2.45, 2.75) is 38.1 Å². The lowest BCUT2D eigenvalue weighted by atomic mass is 10.1. The summed E-state index contributed by atoms with van der Waals surface area (Å²) in [6, 6.07) is 11.8. The fourth-order valence-corrected chi connectivity index (χ4v) is 4.11. The molecular formula is C22H26N4O2S. The van der Waals surface area contributed by atoms with E-state index in [0.717, 1.165) is 28.1 Å². The molecule has 1 aromatic heterocycles. The maximum Gasteiger partial charge on any atom is 0.237 e. The predicted octanol–water partition coefficient (Wildman–Crippen LogP) is 4.54. The predicted molar refractivity (Wildman–Crippen MR) is 118 cm³/mol. The molecule has 6 nitrogen and oxygen atoms in total. The number of nitrogens with zero attached hydrogens (tertiary/aromatic N) is 3. The molecule has 0 saturated carbocycles. The molecule has 3 rings (SSSR count). The molecule has 0 aliphatic carbocycles. The van der Waals surface area contributed by atoms with Crippen LogP contribution >= 0.6 is 11.8 Å². The van der Waals surface area contributed by atoms with E-state index in [1.807, 2.05) is 56.7 Å². The summed E-state index contributed by atoms with van der Waals surface area (Å²) in [5.74, 6) is 1.37. The van der Waals surface area contributed by atoms with Crippen molar-refractivity contribution in [1.29, 1.82) is 0 Å². The van der Waals surface area contributed by atoms with Crippen LogP contribution < -0.4 is 10.1 Å². The first-order valence-corrected chi connectivity index (χ1v) is 10.3. The van der Waals surface area contributed by atoms with Gasteiger partial charge in [0.05, 0.1) is 17.9 Å². The van der Waals surface area contributed by atoms with Gasteiger partial charge in [-0.15, -0.1) is 10.2 Å². The minimum absolute atomic E-state index is 0.0631. The van der Waals surface area contributed by atoms with Crippen LogP contribution in [-0.4, -0.2) is 33.0 Å². The fraction of sp³-hybridized carbons (Fsp3) is 0.318. The van der Waals surface area contributed by atoms with Crippen molar-refractivity contribution in [1.82, 2.24) is 14.8 Å². The van der Waals surface area contributed by atoms with Crippen molar-refractivity contribution in [3.63, 3.8) is 0 Å². The number of ether oxygens (including phenoxy) is 1. The summed E-state index contributed by atoms with van der Waals surface area (Å²) in [7, 11) is 3.52. The molecule has 0 bridgehead atoms. The summed E-state index contributed by atoms with van der Waals surface area (Å²) in [5, 5.41) is 12.0. The Morgan fingerprint density at radius 2 is 1.79 bits per heavy atom. The summed E-state index contributed by atoms with van der Waals surface area (Å²) in [4.78, 5) is 12.8. The molecule has 0 unspecified atom stereocenters. The van der Waals surface area contributed by atoms with E-state index in [1.165, 1.54) is 17.3 Å². The van der Waals surface area contributed by atoms with Gasteiger partial charge in [0.15, 0.2) is 11.0 Å². The van der Waals surface area contributed by atoms with Gasteiger partial charge in [-0.1, -0.05) is 41.6 Å². The van der Waals surface area contributed by atoms with Gasteiger partial charge in [-0.25, -0.2) is 0 Å². The highest BCUT2D eigenvalue weighted by Gasteiger charge is 2.21. The largest absolute Gasteiger partial charge is 0.496 e. The number of hydrogen-bond acceptors (Lipinski definition) is 5. The van der Waals surface area contributed by atoms with E-state index in [2.05, 4.69) is 34.6 Å². The van der Waals surface area contributed by atoms with Crippen molar-refractivity contribution >= 4 is 23.4 Å². The number of thioether (sulfide) groups is 1. The Kier molecular flexibility index (Phi) is 6.27. The smallest absolute Gasteiger partial charge is 0.237 e. The molecule has 1 amide bonds. The Balaban J connectivity index is 1.77. The van der Waals surface area contributed by atoms with E-state index in [4.69, 9.17) is 4.74 Å². The maximum absolute atomic E-state index is 12.8.